The van der Waals surface area contributed by atoms with Gasteiger partial charge in [-0.1, -0.05) is 13.0 Å². The van der Waals surface area contributed by atoms with Crippen LogP contribution in [-0.2, 0) is 0 Å². The molecule has 0 atom stereocenters. The molecule has 32 heavy (non-hydrogen) atoms. The Morgan fingerprint density at radius 1 is 1.19 bits per heavy atom. The van der Waals surface area contributed by atoms with Gasteiger partial charge in [-0.2, -0.15) is 5.26 Å². The Hall–Kier alpha value is -3.76. The molecule has 2 N–H and O–H groups in total. The molecule has 0 radical (unpaired) electrons. The Kier molecular flexibility index (Phi) is 7.53. The average Bonchev–Trinajstić information content (AvgIpc) is 2.79. The van der Waals surface area contributed by atoms with Gasteiger partial charge in [-0.25, -0.2) is 4.39 Å². The number of pyridine rings is 1. The summed E-state index contributed by atoms with van der Waals surface area (Å²) in [7, 11) is 2.08. The first kappa shape index (κ1) is 22.9. The van der Waals surface area contributed by atoms with Crippen LogP contribution in [0.4, 0.5) is 10.1 Å². The van der Waals surface area contributed by atoms with Gasteiger partial charge in [0.05, 0.1) is 11.6 Å². The number of anilines is 1. The lowest BCUT2D eigenvalue weighted by molar-refractivity contribution is 0.348. The largest absolute Gasteiger partial charge is 0.383 e. The minimum Gasteiger partial charge on any atom is -0.383 e. The molecule has 0 saturated carbocycles. The Morgan fingerprint density at radius 3 is 2.69 bits per heavy atom. The summed E-state index contributed by atoms with van der Waals surface area (Å²) in [5.74, 6) is -0.497. The van der Waals surface area contributed by atoms with Crippen LogP contribution in [0.25, 0.3) is 16.8 Å². The summed E-state index contributed by atoms with van der Waals surface area (Å²) >= 11 is 0. The monoisotopic (exact) mass is 431 g/mol. The summed E-state index contributed by atoms with van der Waals surface area (Å²) in [6, 6.07) is 14.5. The van der Waals surface area contributed by atoms with Crippen molar-refractivity contribution in [3.05, 3.63) is 82.0 Å². The number of nitrogens with zero attached hydrogens (tertiary/aromatic N) is 3. The van der Waals surface area contributed by atoms with E-state index < -0.39 is 5.82 Å². The third-order valence-corrected chi connectivity index (χ3v) is 5.22. The van der Waals surface area contributed by atoms with Crippen molar-refractivity contribution in [2.45, 2.75) is 13.3 Å². The molecule has 6 nitrogen and oxygen atoms in total. The summed E-state index contributed by atoms with van der Waals surface area (Å²) < 4.78 is 14.9. The van der Waals surface area contributed by atoms with E-state index >= 15 is 0 Å². The number of halogens is 1. The minimum absolute atomic E-state index is 0.174. The van der Waals surface area contributed by atoms with E-state index in [-0.39, 0.29) is 11.1 Å². The molecule has 1 heterocycles. The highest BCUT2D eigenvalue weighted by Gasteiger charge is 2.10. The van der Waals surface area contributed by atoms with Gasteiger partial charge in [0.15, 0.2) is 0 Å². The molecule has 2 aromatic carbocycles. The predicted molar refractivity (Wildman–Crippen MR) is 126 cm³/mol. The van der Waals surface area contributed by atoms with E-state index in [1.54, 1.807) is 18.3 Å². The van der Waals surface area contributed by atoms with Gasteiger partial charge in [0.2, 0.25) is 0 Å². The molecule has 1 aromatic heterocycles. The maximum Gasteiger partial charge on any atom is 0.255 e. The molecule has 7 heteroatoms. The van der Waals surface area contributed by atoms with E-state index in [0.29, 0.717) is 22.4 Å². The zero-order valence-corrected chi connectivity index (χ0v) is 18.2. The lowest BCUT2D eigenvalue weighted by atomic mass is 10.0. The van der Waals surface area contributed by atoms with Crippen LogP contribution in [-0.4, -0.2) is 42.4 Å². The van der Waals surface area contributed by atoms with Crippen LogP contribution in [0.15, 0.2) is 59.5 Å². The number of hydrogen-bond acceptors (Lipinski definition) is 5. The van der Waals surface area contributed by atoms with Gasteiger partial charge >= 0.3 is 0 Å². The van der Waals surface area contributed by atoms with E-state index in [4.69, 9.17) is 5.41 Å². The van der Waals surface area contributed by atoms with Gasteiger partial charge in [0, 0.05) is 48.5 Å². The van der Waals surface area contributed by atoms with Gasteiger partial charge in [-0.3, -0.25) is 9.36 Å². The highest BCUT2D eigenvalue weighted by atomic mass is 19.1. The van der Waals surface area contributed by atoms with E-state index in [9.17, 15) is 14.4 Å². The van der Waals surface area contributed by atoms with E-state index in [2.05, 4.69) is 24.2 Å². The first-order valence-corrected chi connectivity index (χ1v) is 10.5. The van der Waals surface area contributed by atoms with Gasteiger partial charge in [-0.05, 0) is 67.5 Å². The van der Waals surface area contributed by atoms with E-state index in [1.807, 2.05) is 18.2 Å². The maximum atomic E-state index is 13.4. The van der Waals surface area contributed by atoms with Crippen LogP contribution < -0.4 is 10.9 Å². The van der Waals surface area contributed by atoms with Crippen LogP contribution in [0.3, 0.4) is 0 Å². The number of rotatable bonds is 9. The lowest BCUT2D eigenvalue weighted by Gasteiger charge is -2.17. The number of benzene rings is 2. The molecule has 0 amide bonds. The smallest absolute Gasteiger partial charge is 0.255 e. The Balaban J connectivity index is 1.85. The highest BCUT2D eigenvalue weighted by Crippen LogP contribution is 2.24. The van der Waals surface area contributed by atoms with Crippen LogP contribution >= 0.6 is 0 Å². The standard InChI is InChI=1S/C25H26FN5O/c1-3-10-30(2)12-9-29-24-7-5-22(14-20(24)17-28)31-11-8-18(15-25(31)32)23-6-4-21(26)13-19(23)16-27/h4-8,11,13-15,17,28-29H,3,9-10,12H2,1-2H3. The van der Waals surface area contributed by atoms with E-state index in [0.717, 1.165) is 37.8 Å². The number of nitriles is 1. The SMILES string of the molecule is CCCN(C)CCNc1ccc(-n2ccc(-c3ccc(F)cc3C#N)cc2=O)cc1C=N. The van der Waals surface area contributed by atoms with Gasteiger partial charge in [0.25, 0.3) is 5.56 Å². The second-order valence-corrected chi connectivity index (χ2v) is 7.57. The van der Waals surface area contributed by atoms with Gasteiger partial charge in [-0.15, -0.1) is 0 Å². The molecule has 3 rings (SSSR count). The van der Waals surface area contributed by atoms with Crippen LogP contribution in [0, 0.1) is 22.6 Å². The molecule has 3 aromatic rings. The summed E-state index contributed by atoms with van der Waals surface area (Å²) in [6.07, 6.45) is 3.99. The molecule has 0 fully saturated rings. The van der Waals surface area contributed by atoms with Gasteiger partial charge < -0.3 is 15.6 Å². The molecule has 0 aliphatic carbocycles. The molecule has 0 bridgehead atoms. The molecule has 0 spiro atoms. The summed E-state index contributed by atoms with van der Waals surface area (Å²) in [4.78, 5) is 15.0. The third kappa shape index (κ3) is 5.29. The molecule has 0 aliphatic heterocycles. The Labute approximate surface area is 187 Å². The number of aromatic nitrogens is 1. The first-order valence-electron chi connectivity index (χ1n) is 10.5. The van der Waals surface area contributed by atoms with Crippen molar-refractivity contribution >= 4 is 11.9 Å². The molecular formula is C25H26FN5O. The lowest BCUT2D eigenvalue weighted by Crippen LogP contribution is -2.26. The van der Waals surface area contributed by atoms with Crippen molar-refractivity contribution in [1.29, 1.82) is 10.7 Å². The normalized spacial score (nSPS) is 10.7. The van der Waals surface area contributed by atoms with Crippen molar-refractivity contribution < 1.29 is 4.39 Å². The zero-order chi connectivity index (χ0) is 23.1. The van der Waals surface area contributed by atoms with Crippen LogP contribution in [0.2, 0.25) is 0 Å². The number of likely N-dealkylation sites (N-methyl/N-ethyl adjacent to an activating group) is 1. The zero-order valence-electron chi connectivity index (χ0n) is 18.2. The number of nitrogens with one attached hydrogen (secondary N) is 2. The van der Waals surface area contributed by atoms with Crippen LogP contribution in [0.5, 0.6) is 0 Å². The fourth-order valence-electron chi connectivity index (χ4n) is 3.58. The third-order valence-electron chi connectivity index (χ3n) is 5.22. The average molecular weight is 432 g/mol. The second kappa shape index (κ2) is 10.5. The first-order chi connectivity index (χ1) is 15.5. The Bertz CT molecular complexity index is 1210. The fourth-order valence-corrected chi connectivity index (χ4v) is 3.58. The quantitative estimate of drug-likeness (QED) is 0.496. The predicted octanol–water partition coefficient (Wildman–Crippen LogP) is 4.27. The summed E-state index contributed by atoms with van der Waals surface area (Å²) in [5, 5.41) is 20.4. The maximum absolute atomic E-state index is 13.4. The van der Waals surface area contributed by atoms with Crippen molar-refractivity contribution in [1.82, 2.24) is 9.47 Å². The molecule has 0 aliphatic rings. The summed E-state index contributed by atoms with van der Waals surface area (Å²) in [5.41, 5.74) is 3.09. The number of hydrogen-bond donors (Lipinski definition) is 2. The van der Waals surface area contributed by atoms with E-state index in [1.165, 1.54) is 29.0 Å². The fraction of sp³-hybridized carbons (Fsp3) is 0.240. The highest BCUT2D eigenvalue weighted by molar-refractivity contribution is 5.86. The molecular weight excluding hydrogens is 405 g/mol. The van der Waals surface area contributed by atoms with Gasteiger partial charge in [0.1, 0.15) is 5.82 Å². The van der Waals surface area contributed by atoms with Crippen molar-refractivity contribution in [3.8, 4) is 22.9 Å². The van der Waals surface area contributed by atoms with Crippen molar-refractivity contribution in [2.75, 3.05) is 32.0 Å². The summed E-state index contributed by atoms with van der Waals surface area (Å²) in [6.45, 7) is 4.82. The topological polar surface area (TPSA) is 84.9 Å². The van der Waals surface area contributed by atoms with Crippen molar-refractivity contribution in [2.24, 2.45) is 0 Å². The van der Waals surface area contributed by atoms with Crippen molar-refractivity contribution in [3.63, 3.8) is 0 Å². The second-order valence-electron chi connectivity index (χ2n) is 7.57. The minimum atomic E-state index is -0.497. The molecule has 0 saturated heterocycles. The molecule has 0 unspecified atom stereocenters. The van der Waals surface area contributed by atoms with Crippen LogP contribution in [0.1, 0.15) is 24.5 Å². The Morgan fingerprint density at radius 2 is 2.00 bits per heavy atom. The molecule has 164 valence electrons.